The van der Waals surface area contributed by atoms with Crippen LogP contribution in [-0.4, -0.2) is 32.3 Å². The van der Waals surface area contributed by atoms with Crippen molar-refractivity contribution in [1.29, 1.82) is 0 Å². The molecule has 0 bridgehead atoms. The SMILES string of the molecule is Cc1ccc(CN2CCC3(Cc4nn(Cc5ccc(F)cc5)c(=O)c(=O)n4C3)C2)s1. The van der Waals surface area contributed by atoms with Gasteiger partial charge in [0.2, 0.25) is 0 Å². The molecule has 3 aromatic rings. The van der Waals surface area contributed by atoms with Crippen molar-refractivity contribution in [2.24, 2.45) is 5.41 Å². The second-order valence-electron chi connectivity index (χ2n) is 8.55. The Morgan fingerprint density at radius 2 is 1.87 bits per heavy atom. The standard InChI is InChI=1S/C22H23FN4O2S/c1-15-2-7-18(30-15)12-25-9-8-22(13-25)10-19-24-27(21(29)20(28)26(19)14-22)11-16-3-5-17(23)6-4-16/h2-7H,8-14H2,1H3. The first-order valence-corrected chi connectivity index (χ1v) is 11.0. The van der Waals surface area contributed by atoms with Crippen LogP contribution < -0.4 is 11.1 Å². The molecule has 8 heteroatoms. The van der Waals surface area contributed by atoms with Crippen molar-refractivity contribution in [2.75, 3.05) is 13.1 Å². The molecule has 0 N–H and O–H groups in total. The monoisotopic (exact) mass is 426 g/mol. The number of halogens is 1. The predicted molar refractivity (Wildman–Crippen MR) is 113 cm³/mol. The van der Waals surface area contributed by atoms with Crippen molar-refractivity contribution in [2.45, 2.75) is 39.4 Å². The lowest BCUT2D eigenvalue weighted by Gasteiger charge is -2.22. The summed E-state index contributed by atoms with van der Waals surface area (Å²) >= 11 is 1.82. The van der Waals surface area contributed by atoms with Crippen LogP contribution in [0.25, 0.3) is 0 Å². The van der Waals surface area contributed by atoms with E-state index in [1.54, 1.807) is 16.7 Å². The van der Waals surface area contributed by atoms with Crippen LogP contribution in [0, 0.1) is 18.2 Å². The Balaban J connectivity index is 1.36. The lowest BCUT2D eigenvalue weighted by molar-refractivity contribution is 0.247. The van der Waals surface area contributed by atoms with Crippen molar-refractivity contribution in [3.8, 4) is 0 Å². The van der Waals surface area contributed by atoms with Gasteiger partial charge >= 0.3 is 11.1 Å². The van der Waals surface area contributed by atoms with Crippen molar-refractivity contribution in [3.05, 3.63) is 84.1 Å². The van der Waals surface area contributed by atoms with Crippen LogP contribution in [0.4, 0.5) is 4.39 Å². The molecular formula is C22H23FN4O2S. The first-order valence-electron chi connectivity index (χ1n) is 10.1. The number of aryl methyl sites for hydroxylation is 1. The molecule has 156 valence electrons. The van der Waals surface area contributed by atoms with Gasteiger partial charge in [0, 0.05) is 41.2 Å². The number of nitrogens with zero attached hydrogens (tertiary/aromatic N) is 4. The second kappa shape index (κ2) is 7.28. The summed E-state index contributed by atoms with van der Waals surface area (Å²) in [5, 5.41) is 4.52. The molecule has 30 heavy (non-hydrogen) atoms. The largest absolute Gasteiger partial charge is 0.332 e. The molecule has 0 amide bonds. The summed E-state index contributed by atoms with van der Waals surface area (Å²) in [6.07, 6.45) is 1.69. The van der Waals surface area contributed by atoms with Crippen molar-refractivity contribution < 1.29 is 4.39 Å². The van der Waals surface area contributed by atoms with E-state index in [9.17, 15) is 14.0 Å². The Morgan fingerprint density at radius 1 is 1.07 bits per heavy atom. The quantitative estimate of drug-likeness (QED) is 0.601. The molecule has 6 nitrogen and oxygen atoms in total. The van der Waals surface area contributed by atoms with E-state index in [0.717, 1.165) is 31.6 Å². The molecule has 1 spiro atoms. The fourth-order valence-electron chi connectivity index (χ4n) is 4.70. The fraction of sp³-hybridized carbons (Fsp3) is 0.409. The van der Waals surface area contributed by atoms with Crippen LogP contribution in [0.2, 0.25) is 0 Å². The topological polar surface area (TPSA) is 60.1 Å². The number of benzene rings is 1. The number of aromatic nitrogens is 3. The molecular weight excluding hydrogens is 403 g/mol. The van der Waals surface area contributed by atoms with Crippen molar-refractivity contribution in [1.82, 2.24) is 19.2 Å². The summed E-state index contributed by atoms with van der Waals surface area (Å²) < 4.78 is 15.9. The highest BCUT2D eigenvalue weighted by atomic mass is 32.1. The molecule has 4 heterocycles. The Kier molecular flexibility index (Phi) is 4.71. The third-order valence-corrected chi connectivity index (χ3v) is 7.16. The van der Waals surface area contributed by atoms with E-state index in [0.29, 0.717) is 18.8 Å². The molecule has 2 aliphatic rings. The third-order valence-electron chi connectivity index (χ3n) is 6.18. The molecule has 0 radical (unpaired) electrons. The number of rotatable bonds is 4. The maximum absolute atomic E-state index is 13.1. The minimum Gasteiger partial charge on any atom is -0.298 e. The molecule has 1 fully saturated rings. The zero-order chi connectivity index (χ0) is 20.9. The normalized spacial score (nSPS) is 20.9. The summed E-state index contributed by atoms with van der Waals surface area (Å²) in [4.78, 5) is 30.5. The van der Waals surface area contributed by atoms with Gasteiger partial charge in [-0.05, 0) is 49.7 Å². The fourth-order valence-corrected chi connectivity index (χ4v) is 5.63. The van der Waals surface area contributed by atoms with Gasteiger partial charge in [-0.2, -0.15) is 5.10 Å². The van der Waals surface area contributed by atoms with Crippen LogP contribution in [0.5, 0.6) is 0 Å². The maximum Gasteiger partial charge on any atom is 0.332 e. The van der Waals surface area contributed by atoms with E-state index in [4.69, 9.17) is 0 Å². The number of fused-ring (bicyclic) bond motifs is 1. The van der Waals surface area contributed by atoms with E-state index in [1.165, 1.54) is 26.6 Å². The van der Waals surface area contributed by atoms with Crippen LogP contribution in [-0.2, 0) is 26.1 Å². The molecule has 2 aromatic heterocycles. The van der Waals surface area contributed by atoms with Gasteiger partial charge < -0.3 is 0 Å². The maximum atomic E-state index is 13.1. The van der Waals surface area contributed by atoms with E-state index >= 15 is 0 Å². The number of thiophene rings is 1. The summed E-state index contributed by atoms with van der Waals surface area (Å²) in [5.74, 6) is 0.342. The van der Waals surface area contributed by atoms with Gasteiger partial charge in [0.05, 0.1) is 6.54 Å². The highest BCUT2D eigenvalue weighted by Crippen LogP contribution is 2.39. The first kappa shape index (κ1) is 19.4. The first-order chi connectivity index (χ1) is 14.4. The molecule has 2 aliphatic heterocycles. The average Bonchev–Trinajstić information content (AvgIpc) is 3.41. The Labute approximate surface area is 177 Å². The highest BCUT2D eigenvalue weighted by Gasteiger charge is 2.44. The highest BCUT2D eigenvalue weighted by molar-refractivity contribution is 7.11. The van der Waals surface area contributed by atoms with Gasteiger partial charge in [0.25, 0.3) is 0 Å². The number of hydrogen-bond donors (Lipinski definition) is 0. The van der Waals surface area contributed by atoms with Crippen molar-refractivity contribution >= 4 is 11.3 Å². The average molecular weight is 427 g/mol. The van der Waals surface area contributed by atoms with E-state index < -0.39 is 11.1 Å². The van der Waals surface area contributed by atoms with E-state index in [1.807, 2.05) is 11.3 Å². The zero-order valence-corrected chi connectivity index (χ0v) is 17.6. The predicted octanol–water partition coefficient (Wildman–Crippen LogP) is 2.41. The molecule has 1 aromatic carbocycles. The molecule has 0 saturated carbocycles. The zero-order valence-electron chi connectivity index (χ0n) is 16.8. The molecule has 0 aliphatic carbocycles. The van der Waals surface area contributed by atoms with E-state index in [2.05, 4.69) is 29.1 Å². The van der Waals surface area contributed by atoms with Gasteiger partial charge in [-0.25, -0.2) is 9.07 Å². The van der Waals surface area contributed by atoms with Gasteiger partial charge in [-0.15, -0.1) is 11.3 Å². The molecule has 5 rings (SSSR count). The summed E-state index contributed by atoms with van der Waals surface area (Å²) in [6.45, 7) is 5.65. The van der Waals surface area contributed by atoms with Crippen LogP contribution in [0.1, 0.15) is 27.6 Å². The van der Waals surface area contributed by atoms with Gasteiger partial charge in [-0.3, -0.25) is 19.1 Å². The smallest absolute Gasteiger partial charge is 0.298 e. The second-order valence-corrected chi connectivity index (χ2v) is 9.92. The lowest BCUT2D eigenvalue weighted by Crippen LogP contribution is -2.43. The van der Waals surface area contributed by atoms with Crippen LogP contribution in [0.3, 0.4) is 0 Å². The summed E-state index contributed by atoms with van der Waals surface area (Å²) in [6, 6.07) is 10.2. The minimum atomic E-state index is -0.621. The minimum absolute atomic E-state index is 0.0348. The number of likely N-dealkylation sites (tertiary alicyclic amines) is 1. The Morgan fingerprint density at radius 3 is 2.60 bits per heavy atom. The van der Waals surface area contributed by atoms with Crippen LogP contribution >= 0.6 is 11.3 Å². The summed E-state index contributed by atoms with van der Waals surface area (Å²) in [7, 11) is 0. The third kappa shape index (κ3) is 3.54. The van der Waals surface area contributed by atoms with Crippen LogP contribution in [0.15, 0.2) is 46.0 Å². The van der Waals surface area contributed by atoms with Gasteiger partial charge in [-0.1, -0.05) is 12.1 Å². The lowest BCUT2D eigenvalue weighted by atomic mass is 9.86. The Bertz CT molecular complexity index is 1210. The Hall–Kier alpha value is -2.58. The number of hydrogen-bond acceptors (Lipinski definition) is 5. The van der Waals surface area contributed by atoms with Crippen molar-refractivity contribution in [3.63, 3.8) is 0 Å². The van der Waals surface area contributed by atoms with Gasteiger partial charge in [0.1, 0.15) is 11.6 Å². The molecule has 1 unspecified atom stereocenters. The molecule has 1 atom stereocenters. The summed E-state index contributed by atoms with van der Waals surface area (Å²) in [5.41, 5.74) is -0.427. The van der Waals surface area contributed by atoms with E-state index in [-0.39, 0.29) is 17.8 Å². The van der Waals surface area contributed by atoms with Gasteiger partial charge in [0.15, 0.2) is 0 Å². The molecule has 1 saturated heterocycles.